The van der Waals surface area contributed by atoms with Crippen LogP contribution in [-0.4, -0.2) is 37.2 Å². The summed E-state index contributed by atoms with van der Waals surface area (Å²) in [5.41, 5.74) is 0. The van der Waals surface area contributed by atoms with Gasteiger partial charge in [0.2, 0.25) is 0 Å². The smallest absolute Gasteiger partial charge is 0.306 e. The minimum absolute atomic E-state index is 0.0877. The number of rotatable bonds is 63. The Morgan fingerprint density at radius 1 is 0.253 bits per heavy atom. The highest BCUT2D eigenvalue weighted by molar-refractivity contribution is 5.71. The van der Waals surface area contributed by atoms with Gasteiger partial charge < -0.3 is 14.2 Å². The number of carbonyl (C=O) groups excluding carboxylic acids is 3. The first-order chi connectivity index (χ1) is 41.0. The summed E-state index contributed by atoms with van der Waals surface area (Å²) < 4.78 is 16.9. The van der Waals surface area contributed by atoms with E-state index in [0.29, 0.717) is 19.3 Å². The third kappa shape index (κ3) is 68.5. The van der Waals surface area contributed by atoms with Crippen molar-refractivity contribution < 1.29 is 28.6 Å². The van der Waals surface area contributed by atoms with Crippen molar-refractivity contribution in [3.8, 4) is 0 Å². The fourth-order valence-corrected chi connectivity index (χ4v) is 9.73. The van der Waals surface area contributed by atoms with E-state index >= 15 is 0 Å². The van der Waals surface area contributed by atoms with Crippen LogP contribution in [-0.2, 0) is 28.6 Å². The molecular weight excluding hydrogens is 1020 g/mol. The summed E-state index contributed by atoms with van der Waals surface area (Å²) in [6.45, 7) is 6.50. The van der Waals surface area contributed by atoms with Gasteiger partial charge in [-0.3, -0.25) is 14.4 Å². The van der Waals surface area contributed by atoms with Crippen molar-refractivity contribution in [2.45, 2.75) is 335 Å². The van der Waals surface area contributed by atoms with Crippen LogP contribution in [0.1, 0.15) is 329 Å². The van der Waals surface area contributed by atoms with Gasteiger partial charge >= 0.3 is 17.9 Å². The van der Waals surface area contributed by atoms with Gasteiger partial charge in [0.25, 0.3) is 0 Å². The molecule has 0 saturated heterocycles. The number of hydrogen-bond donors (Lipinski definition) is 0. The van der Waals surface area contributed by atoms with Crippen LogP contribution in [0.3, 0.4) is 0 Å². The summed E-state index contributed by atoms with van der Waals surface area (Å²) in [7, 11) is 0. The van der Waals surface area contributed by atoms with Gasteiger partial charge in [-0.2, -0.15) is 0 Å². The summed E-state index contributed by atoms with van der Waals surface area (Å²) in [6, 6.07) is 0. The molecule has 0 aliphatic heterocycles. The molecule has 0 amide bonds. The normalized spacial score (nSPS) is 12.9. The second kappa shape index (κ2) is 70.3. The molecule has 0 aliphatic rings. The highest BCUT2D eigenvalue weighted by Crippen LogP contribution is 2.17. The molecule has 0 aromatic carbocycles. The van der Waals surface area contributed by atoms with Gasteiger partial charge in [0.15, 0.2) is 6.10 Å². The van der Waals surface area contributed by atoms with E-state index in [2.05, 4.69) is 142 Å². The standard InChI is InChI=1S/C77H130O6/c1-4-7-10-13-16-19-21-23-25-27-29-31-33-35-36-37-38-39-40-42-43-45-47-49-51-53-55-58-61-64-67-70-76(79)82-73-74(72-81-75(78)69-66-63-60-57-18-15-12-9-6-3)83-77(80)71-68-65-62-59-56-54-52-50-48-46-44-41-34-32-30-28-26-24-22-20-17-14-11-8-5-2/h7,10,16,19,23,25,28-31,35-36,38-39,42-43,47,49,53,55,74H,4-6,8-9,11-15,17-18,20-22,24,26-27,32-34,37,40-41,44-46,48,50-52,54,56-73H2,1-3H3/b10-7-,19-16-,25-23-,30-28-,31-29-,36-35-,39-38-,43-42-,49-47-,55-53-. The molecule has 0 heterocycles. The molecule has 6 heteroatoms. The van der Waals surface area contributed by atoms with E-state index < -0.39 is 6.10 Å². The summed E-state index contributed by atoms with van der Waals surface area (Å²) >= 11 is 0. The molecule has 0 radical (unpaired) electrons. The largest absolute Gasteiger partial charge is 0.462 e. The Kier molecular flexibility index (Phi) is 66.7. The number of esters is 3. The van der Waals surface area contributed by atoms with Gasteiger partial charge in [-0.1, -0.05) is 316 Å². The molecule has 6 nitrogen and oxygen atoms in total. The summed E-state index contributed by atoms with van der Waals surface area (Å²) in [6.07, 6.45) is 98.1. The number of allylic oxidation sites excluding steroid dienone is 20. The highest BCUT2D eigenvalue weighted by Gasteiger charge is 2.19. The van der Waals surface area contributed by atoms with Gasteiger partial charge in [0, 0.05) is 19.3 Å². The van der Waals surface area contributed by atoms with E-state index in [1.165, 1.54) is 167 Å². The quantitative estimate of drug-likeness (QED) is 0.0261. The lowest BCUT2D eigenvalue weighted by atomic mass is 10.0. The Bertz CT molecular complexity index is 1700. The molecular formula is C77H130O6. The second-order valence-electron chi connectivity index (χ2n) is 23.1. The molecule has 0 N–H and O–H groups in total. The van der Waals surface area contributed by atoms with Crippen LogP contribution in [0.5, 0.6) is 0 Å². The Hall–Kier alpha value is -4.19. The topological polar surface area (TPSA) is 78.9 Å². The van der Waals surface area contributed by atoms with Gasteiger partial charge in [-0.05, 0) is 116 Å². The van der Waals surface area contributed by atoms with Gasteiger partial charge in [0.1, 0.15) is 13.2 Å². The predicted molar refractivity (Wildman–Crippen MR) is 362 cm³/mol. The van der Waals surface area contributed by atoms with Crippen molar-refractivity contribution in [3.05, 3.63) is 122 Å². The average molecular weight is 1150 g/mol. The molecule has 0 aromatic heterocycles. The summed E-state index contributed by atoms with van der Waals surface area (Å²) in [4.78, 5) is 38.3. The van der Waals surface area contributed by atoms with E-state index in [1.54, 1.807) is 0 Å². The fourth-order valence-electron chi connectivity index (χ4n) is 9.73. The van der Waals surface area contributed by atoms with Crippen LogP contribution < -0.4 is 0 Å². The molecule has 0 aromatic rings. The molecule has 0 saturated carbocycles. The first-order valence-corrected chi connectivity index (χ1v) is 35.0. The lowest BCUT2D eigenvalue weighted by molar-refractivity contribution is -0.167. The van der Waals surface area contributed by atoms with Crippen molar-refractivity contribution in [2.75, 3.05) is 13.2 Å². The number of carbonyl (C=O) groups is 3. The molecule has 0 spiro atoms. The zero-order valence-corrected chi connectivity index (χ0v) is 54.4. The van der Waals surface area contributed by atoms with E-state index in [9.17, 15) is 14.4 Å². The van der Waals surface area contributed by atoms with Crippen LogP contribution in [0, 0.1) is 0 Å². The zero-order chi connectivity index (χ0) is 59.9. The predicted octanol–water partition coefficient (Wildman–Crippen LogP) is 24.3. The monoisotopic (exact) mass is 1150 g/mol. The van der Waals surface area contributed by atoms with Gasteiger partial charge in [0.05, 0.1) is 0 Å². The van der Waals surface area contributed by atoms with E-state index in [1.807, 2.05) is 0 Å². The maximum absolute atomic E-state index is 12.9. The number of ether oxygens (including phenoxy) is 3. The number of hydrogen-bond acceptors (Lipinski definition) is 6. The third-order valence-electron chi connectivity index (χ3n) is 15.0. The Morgan fingerprint density at radius 2 is 0.470 bits per heavy atom. The molecule has 0 bridgehead atoms. The lowest BCUT2D eigenvalue weighted by Crippen LogP contribution is -2.30. The number of unbranched alkanes of at least 4 members (excludes halogenated alkanes) is 32. The van der Waals surface area contributed by atoms with Crippen LogP contribution in [0.2, 0.25) is 0 Å². The van der Waals surface area contributed by atoms with Crippen LogP contribution in [0.4, 0.5) is 0 Å². The van der Waals surface area contributed by atoms with Gasteiger partial charge in [-0.25, -0.2) is 0 Å². The molecule has 1 unspecified atom stereocenters. The average Bonchev–Trinajstić information content (AvgIpc) is 3.49. The first kappa shape index (κ1) is 78.8. The minimum Gasteiger partial charge on any atom is -0.462 e. The van der Waals surface area contributed by atoms with Crippen molar-refractivity contribution in [1.82, 2.24) is 0 Å². The summed E-state index contributed by atoms with van der Waals surface area (Å²) in [5, 5.41) is 0. The molecule has 0 rings (SSSR count). The van der Waals surface area contributed by atoms with E-state index in [4.69, 9.17) is 14.2 Å². The SMILES string of the molecule is CC/C=C\C/C=C\C/C=C\C/C=C\C/C=C\C/C=C\C/C=C\C/C=C\C/C=C\CCCCCC(=O)OCC(COC(=O)CCCCCCCCCCC)OC(=O)CCCCCCCCCCCCCCC/C=C\CCCCCCCCCC. The van der Waals surface area contributed by atoms with Crippen molar-refractivity contribution in [1.29, 1.82) is 0 Å². The Balaban J connectivity index is 4.26. The minimum atomic E-state index is -0.793. The van der Waals surface area contributed by atoms with Crippen molar-refractivity contribution >= 4 is 17.9 Å². The van der Waals surface area contributed by atoms with E-state index in [0.717, 1.165) is 122 Å². The Labute approximate surface area is 513 Å². The lowest BCUT2D eigenvalue weighted by Gasteiger charge is -2.18. The molecule has 0 fully saturated rings. The first-order valence-electron chi connectivity index (χ1n) is 35.0. The fraction of sp³-hybridized carbons (Fsp3) is 0.701. The molecule has 474 valence electrons. The van der Waals surface area contributed by atoms with Crippen molar-refractivity contribution in [2.24, 2.45) is 0 Å². The second-order valence-corrected chi connectivity index (χ2v) is 23.1. The van der Waals surface area contributed by atoms with Gasteiger partial charge in [-0.15, -0.1) is 0 Å². The highest BCUT2D eigenvalue weighted by atomic mass is 16.6. The summed E-state index contributed by atoms with van der Waals surface area (Å²) in [5.74, 6) is -0.916. The molecule has 1 atom stereocenters. The molecule has 83 heavy (non-hydrogen) atoms. The van der Waals surface area contributed by atoms with Crippen LogP contribution in [0.15, 0.2) is 122 Å². The van der Waals surface area contributed by atoms with Crippen LogP contribution >= 0.6 is 0 Å². The molecule has 0 aliphatic carbocycles. The van der Waals surface area contributed by atoms with E-state index in [-0.39, 0.29) is 31.1 Å². The third-order valence-corrected chi connectivity index (χ3v) is 15.0. The van der Waals surface area contributed by atoms with Crippen LogP contribution in [0.25, 0.3) is 0 Å². The Morgan fingerprint density at radius 3 is 0.759 bits per heavy atom. The maximum atomic E-state index is 12.9. The zero-order valence-electron chi connectivity index (χ0n) is 54.4. The maximum Gasteiger partial charge on any atom is 0.306 e. The van der Waals surface area contributed by atoms with Crippen molar-refractivity contribution in [3.63, 3.8) is 0 Å².